The van der Waals surface area contributed by atoms with Gasteiger partial charge in [-0.3, -0.25) is 20.9 Å². The van der Waals surface area contributed by atoms with Crippen molar-refractivity contribution in [3.8, 4) is 0 Å². The number of hydrogen-bond donors (Lipinski definition) is 2. The van der Waals surface area contributed by atoms with Crippen LogP contribution in [0.15, 0.2) is 18.2 Å². The number of nitrogens with one attached hydrogen (secondary N) is 1. The maximum Gasteiger partial charge on any atom is 0.293 e. The number of para-hydroxylation sites is 1. The van der Waals surface area contributed by atoms with E-state index >= 15 is 0 Å². The normalized spacial score (nSPS) is 10.9. The van der Waals surface area contributed by atoms with Crippen LogP contribution in [0, 0.1) is 10.1 Å². The molecule has 0 unspecified atom stereocenters. The van der Waals surface area contributed by atoms with Crippen molar-refractivity contribution in [2.75, 3.05) is 12.5 Å². The summed E-state index contributed by atoms with van der Waals surface area (Å²) in [7, 11) is 1.96. The van der Waals surface area contributed by atoms with Crippen molar-refractivity contribution in [3.63, 3.8) is 0 Å². The number of anilines is 1. The number of hydrogen-bond acceptors (Lipinski definition) is 5. The van der Waals surface area contributed by atoms with Crippen molar-refractivity contribution in [1.82, 2.24) is 4.90 Å². The first-order chi connectivity index (χ1) is 7.97. The van der Waals surface area contributed by atoms with E-state index in [4.69, 9.17) is 5.84 Å². The average molecular weight is 238 g/mol. The van der Waals surface area contributed by atoms with Gasteiger partial charge < -0.3 is 5.43 Å². The van der Waals surface area contributed by atoms with Gasteiger partial charge in [-0.05, 0) is 26.5 Å². The van der Waals surface area contributed by atoms with Crippen LogP contribution in [-0.4, -0.2) is 22.9 Å². The SMILES string of the molecule is CC(C)N(C)Cc1cccc([N+](=O)[O-])c1NN. The third-order valence-corrected chi connectivity index (χ3v) is 2.77. The first-order valence-electron chi connectivity index (χ1n) is 5.40. The fourth-order valence-corrected chi connectivity index (χ4v) is 1.49. The van der Waals surface area contributed by atoms with Crippen LogP contribution in [-0.2, 0) is 6.54 Å². The van der Waals surface area contributed by atoms with Crippen LogP contribution in [0.4, 0.5) is 11.4 Å². The summed E-state index contributed by atoms with van der Waals surface area (Å²) < 4.78 is 0. The highest BCUT2D eigenvalue weighted by Crippen LogP contribution is 2.28. The lowest BCUT2D eigenvalue weighted by atomic mass is 10.1. The minimum atomic E-state index is -0.436. The summed E-state index contributed by atoms with van der Waals surface area (Å²) in [4.78, 5) is 12.5. The van der Waals surface area contributed by atoms with E-state index in [1.165, 1.54) is 6.07 Å². The fraction of sp³-hybridized carbons (Fsp3) is 0.455. The predicted octanol–water partition coefficient (Wildman–Crippen LogP) is 1.72. The first-order valence-corrected chi connectivity index (χ1v) is 5.40. The smallest absolute Gasteiger partial charge is 0.293 e. The van der Waals surface area contributed by atoms with Crippen molar-refractivity contribution in [1.29, 1.82) is 0 Å². The second-order valence-corrected chi connectivity index (χ2v) is 4.22. The molecule has 0 amide bonds. The molecule has 6 heteroatoms. The minimum absolute atomic E-state index is 0.00200. The van der Waals surface area contributed by atoms with Crippen molar-refractivity contribution < 1.29 is 4.92 Å². The van der Waals surface area contributed by atoms with Crippen molar-refractivity contribution >= 4 is 11.4 Å². The Bertz CT molecular complexity index is 406. The van der Waals surface area contributed by atoms with Crippen molar-refractivity contribution in [2.45, 2.75) is 26.4 Å². The maximum atomic E-state index is 10.8. The molecule has 0 radical (unpaired) electrons. The highest BCUT2D eigenvalue weighted by molar-refractivity contribution is 5.65. The van der Waals surface area contributed by atoms with Gasteiger partial charge in [-0.25, -0.2) is 0 Å². The van der Waals surface area contributed by atoms with Gasteiger partial charge in [0.15, 0.2) is 0 Å². The van der Waals surface area contributed by atoms with Crippen LogP contribution in [0.3, 0.4) is 0 Å². The minimum Gasteiger partial charge on any atom is -0.318 e. The van der Waals surface area contributed by atoms with E-state index in [-0.39, 0.29) is 5.69 Å². The molecule has 0 aliphatic heterocycles. The van der Waals surface area contributed by atoms with Crippen LogP contribution < -0.4 is 11.3 Å². The topological polar surface area (TPSA) is 84.4 Å². The third kappa shape index (κ3) is 3.15. The summed E-state index contributed by atoms with van der Waals surface area (Å²) in [5.74, 6) is 5.37. The number of benzene rings is 1. The first kappa shape index (κ1) is 13.4. The van der Waals surface area contributed by atoms with E-state index in [1.54, 1.807) is 6.07 Å². The molecule has 0 saturated carbocycles. The average Bonchev–Trinajstić information content (AvgIpc) is 2.28. The summed E-state index contributed by atoms with van der Waals surface area (Å²) >= 11 is 0. The molecule has 0 heterocycles. The van der Waals surface area contributed by atoms with Gasteiger partial charge in [-0.1, -0.05) is 12.1 Å². The number of nitrogens with zero attached hydrogens (tertiary/aromatic N) is 2. The number of nitrogens with two attached hydrogens (primary N) is 1. The molecule has 1 aromatic rings. The van der Waals surface area contributed by atoms with E-state index in [0.717, 1.165) is 5.56 Å². The molecule has 0 atom stereocenters. The summed E-state index contributed by atoms with van der Waals surface area (Å²) in [6, 6.07) is 5.30. The Labute approximate surface area is 101 Å². The molecule has 0 bridgehead atoms. The molecular weight excluding hydrogens is 220 g/mol. The van der Waals surface area contributed by atoms with Crippen molar-refractivity contribution in [2.24, 2.45) is 5.84 Å². The number of hydrazine groups is 1. The Balaban J connectivity index is 3.07. The largest absolute Gasteiger partial charge is 0.318 e. The molecule has 6 nitrogen and oxygen atoms in total. The second-order valence-electron chi connectivity index (χ2n) is 4.22. The lowest BCUT2D eigenvalue weighted by Gasteiger charge is -2.22. The summed E-state index contributed by atoms with van der Waals surface area (Å²) in [5, 5.41) is 10.8. The summed E-state index contributed by atoms with van der Waals surface area (Å²) in [6.45, 7) is 4.73. The van der Waals surface area contributed by atoms with Gasteiger partial charge in [-0.2, -0.15) is 0 Å². The van der Waals surface area contributed by atoms with Crippen LogP contribution in [0.1, 0.15) is 19.4 Å². The lowest BCUT2D eigenvalue weighted by Crippen LogP contribution is -2.26. The van der Waals surface area contributed by atoms with Crippen LogP contribution in [0.5, 0.6) is 0 Å². The number of nitrogen functional groups attached to an aromatic ring is 1. The van der Waals surface area contributed by atoms with E-state index in [9.17, 15) is 10.1 Å². The highest BCUT2D eigenvalue weighted by Gasteiger charge is 2.17. The zero-order chi connectivity index (χ0) is 13.0. The van der Waals surface area contributed by atoms with Gasteiger partial charge in [-0.15, -0.1) is 0 Å². The molecule has 17 heavy (non-hydrogen) atoms. The number of rotatable bonds is 5. The molecular formula is C11H18N4O2. The van der Waals surface area contributed by atoms with Gasteiger partial charge in [0, 0.05) is 18.7 Å². The zero-order valence-corrected chi connectivity index (χ0v) is 10.3. The predicted molar refractivity (Wildman–Crippen MR) is 67.5 cm³/mol. The molecule has 0 aliphatic rings. The molecule has 1 aromatic carbocycles. The van der Waals surface area contributed by atoms with Gasteiger partial charge in [0.2, 0.25) is 0 Å². The quantitative estimate of drug-likeness (QED) is 0.463. The Morgan fingerprint density at radius 1 is 1.53 bits per heavy atom. The second kappa shape index (κ2) is 5.60. The van der Waals surface area contributed by atoms with Crippen LogP contribution >= 0.6 is 0 Å². The van der Waals surface area contributed by atoms with Gasteiger partial charge in [0.1, 0.15) is 5.69 Å². The van der Waals surface area contributed by atoms with Gasteiger partial charge in [0.05, 0.1) is 4.92 Å². The van der Waals surface area contributed by atoms with E-state index in [1.807, 2.05) is 13.1 Å². The Kier molecular flexibility index (Phi) is 4.42. The standard InChI is InChI=1S/C11H18N4O2/c1-8(2)14(3)7-9-5-4-6-10(15(16)17)11(9)13-12/h4-6,8,13H,7,12H2,1-3H3. The summed E-state index contributed by atoms with van der Waals surface area (Å²) in [6.07, 6.45) is 0. The lowest BCUT2D eigenvalue weighted by molar-refractivity contribution is -0.384. The molecule has 0 spiro atoms. The maximum absolute atomic E-state index is 10.8. The third-order valence-electron chi connectivity index (χ3n) is 2.77. The van der Waals surface area contributed by atoms with Crippen LogP contribution in [0.2, 0.25) is 0 Å². The zero-order valence-electron chi connectivity index (χ0n) is 10.3. The molecule has 1 rings (SSSR count). The molecule has 94 valence electrons. The molecule has 3 N–H and O–H groups in total. The van der Waals surface area contributed by atoms with E-state index < -0.39 is 4.92 Å². The Hall–Kier alpha value is -1.66. The van der Waals surface area contributed by atoms with Crippen LogP contribution in [0.25, 0.3) is 0 Å². The van der Waals surface area contributed by atoms with E-state index in [2.05, 4.69) is 24.2 Å². The van der Waals surface area contributed by atoms with Gasteiger partial charge in [0.25, 0.3) is 5.69 Å². The fourth-order valence-electron chi connectivity index (χ4n) is 1.49. The highest BCUT2D eigenvalue weighted by atomic mass is 16.6. The number of nitro groups is 1. The van der Waals surface area contributed by atoms with E-state index in [0.29, 0.717) is 18.3 Å². The molecule has 0 aliphatic carbocycles. The number of nitro benzene ring substituents is 1. The van der Waals surface area contributed by atoms with Crippen molar-refractivity contribution in [3.05, 3.63) is 33.9 Å². The Morgan fingerprint density at radius 2 is 2.18 bits per heavy atom. The van der Waals surface area contributed by atoms with Gasteiger partial charge >= 0.3 is 0 Å². The Morgan fingerprint density at radius 3 is 2.65 bits per heavy atom. The monoisotopic (exact) mass is 238 g/mol. The molecule has 0 fully saturated rings. The summed E-state index contributed by atoms with van der Waals surface area (Å²) in [5.41, 5.74) is 3.62. The molecule has 0 aromatic heterocycles. The molecule has 0 saturated heterocycles.